The van der Waals surface area contributed by atoms with E-state index in [4.69, 9.17) is 4.74 Å². The van der Waals surface area contributed by atoms with Gasteiger partial charge in [0.2, 0.25) is 0 Å². The molecule has 0 aliphatic rings. The third kappa shape index (κ3) is 4.02. The lowest BCUT2D eigenvalue weighted by Crippen LogP contribution is -2.51. The van der Waals surface area contributed by atoms with Crippen LogP contribution in [-0.4, -0.2) is 30.3 Å². The summed E-state index contributed by atoms with van der Waals surface area (Å²) >= 11 is 0. The summed E-state index contributed by atoms with van der Waals surface area (Å²) in [6.07, 6.45) is 0.343. The Balaban J connectivity index is 2.73. The largest absolute Gasteiger partial charge is 0.468 e. The fourth-order valence-corrected chi connectivity index (χ4v) is 2.17. The number of ether oxygens (including phenoxy) is 1. The second-order valence-corrected chi connectivity index (χ2v) is 4.99. The Hall–Kier alpha value is -1.46. The summed E-state index contributed by atoms with van der Waals surface area (Å²) in [5.41, 5.74) is -0.667. The van der Waals surface area contributed by atoms with Crippen molar-refractivity contribution in [1.29, 1.82) is 0 Å². The molecule has 2 atom stereocenters. The molecular formula is C15H22FNO3. The van der Waals surface area contributed by atoms with E-state index in [0.717, 1.165) is 6.42 Å². The van der Waals surface area contributed by atoms with Gasteiger partial charge in [-0.1, -0.05) is 31.5 Å². The van der Waals surface area contributed by atoms with Crippen molar-refractivity contribution in [3.63, 3.8) is 0 Å². The second-order valence-electron chi connectivity index (χ2n) is 4.99. The van der Waals surface area contributed by atoms with E-state index >= 15 is 0 Å². The molecule has 0 aliphatic heterocycles. The number of carbonyl (C=O) groups excluding carboxylic acids is 1. The van der Waals surface area contributed by atoms with Crippen LogP contribution in [0.1, 0.15) is 38.4 Å². The first-order chi connectivity index (χ1) is 9.44. The predicted molar refractivity (Wildman–Crippen MR) is 74.7 cm³/mol. The van der Waals surface area contributed by atoms with Gasteiger partial charge >= 0.3 is 5.97 Å². The zero-order valence-corrected chi connectivity index (χ0v) is 12.1. The van der Waals surface area contributed by atoms with Gasteiger partial charge in [0.15, 0.2) is 0 Å². The van der Waals surface area contributed by atoms with Gasteiger partial charge in [0.05, 0.1) is 13.2 Å². The van der Waals surface area contributed by atoms with Crippen molar-refractivity contribution in [2.75, 3.05) is 13.7 Å². The molecule has 0 aromatic heterocycles. The molecule has 2 unspecified atom stereocenters. The molecule has 1 rings (SSSR count). The first-order valence-corrected chi connectivity index (χ1v) is 6.70. The highest BCUT2D eigenvalue weighted by atomic mass is 19.1. The molecule has 1 aromatic carbocycles. The molecule has 4 nitrogen and oxygen atoms in total. The van der Waals surface area contributed by atoms with Crippen LogP contribution in [-0.2, 0) is 9.53 Å². The first kappa shape index (κ1) is 16.6. The van der Waals surface area contributed by atoms with Crippen molar-refractivity contribution < 1.29 is 19.0 Å². The number of aliphatic hydroxyl groups is 1. The first-order valence-electron chi connectivity index (χ1n) is 6.70. The standard InChI is InChI=1S/C15H22FNO3/c1-4-9-15(2,14(19)20-3)17-10-13(18)11-7-5-6-8-12(11)16/h5-8,13,17-18H,4,9-10H2,1-3H3. The summed E-state index contributed by atoms with van der Waals surface area (Å²) in [7, 11) is 1.32. The fourth-order valence-electron chi connectivity index (χ4n) is 2.17. The van der Waals surface area contributed by atoms with E-state index in [0.29, 0.717) is 6.42 Å². The number of rotatable bonds is 7. The van der Waals surface area contributed by atoms with E-state index in [1.54, 1.807) is 19.1 Å². The molecule has 0 saturated heterocycles. The lowest BCUT2D eigenvalue weighted by Gasteiger charge is -2.29. The number of esters is 1. The van der Waals surface area contributed by atoms with Crippen molar-refractivity contribution in [2.24, 2.45) is 0 Å². The normalized spacial score (nSPS) is 15.4. The van der Waals surface area contributed by atoms with Gasteiger partial charge in [-0.3, -0.25) is 10.1 Å². The van der Waals surface area contributed by atoms with Gasteiger partial charge in [-0.2, -0.15) is 0 Å². The molecule has 5 heteroatoms. The minimum absolute atomic E-state index is 0.0759. The minimum Gasteiger partial charge on any atom is -0.468 e. The van der Waals surface area contributed by atoms with E-state index in [1.165, 1.54) is 19.2 Å². The van der Waals surface area contributed by atoms with E-state index < -0.39 is 17.5 Å². The fraction of sp³-hybridized carbons (Fsp3) is 0.533. The number of carbonyl (C=O) groups is 1. The zero-order chi connectivity index (χ0) is 15.2. The Kier molecular flexibility index (Phi) is 6.10. The number of aliphatic hydroxyl groups excluding tert-OH is 1. The molecule has 0 amide bonds. The molecule has 0 aliphatic carbocycles. The molecule has 0 bridgehead atoms. The summed E-state index contributed by atoms with van der Waals surface area (Å²) in [6, 6.07) is 6.04. The smallest absolute Gasteiger partial charge is 0.325 e. The number of benzene rings is 1. The second kappa shape index (κ2) is 7.36. The van der Waals surface area contributed by atoms with Gasteiger partial charge in [0.25, 0.3) is 0 Å². The van der Waals surface area contributed by atoms with E-state index in [9.17, 15) is 14.3 Å². The maximum absolute atomic E-state index is 13.6. The van der Waals surface area contributed by atoms with Crippen molar-refractivity contribution in [2.45, 2.75) is 38.3 Å². The van der Waals surface area contributed by atoms with Crippen LogP contribution >= 0.6 is 0 Å². The molecule has 112 valence electrons. The number of hydrogen-bond acceptors (Lipinski definition) is 4. The Labute approximate surface area is 119 Å². The highest BCUT2D eigenvalue weighted by molar-refractivity contribution is 5.80. The maximum Gasteiger partial charge on any atom is 0.325 e. The third-order valence-electron chi connectivity index (χ3n) is 3.34. The molecule has 20 heavy (non-hydrogen) atoms. The van der Waals surface area contributed by atoms with Crippen molar-refractivity contribution in [1.82, 2.24) is 5.32 Å². The average Bonchev–Trinajstić information content (AvgIpc) is 2.44. The van der Waals surface area contributed by atoms with Gasteiger partial charge in [0, 0.05) is 12.1 Å². The molecule has 0 heterocycles. The Morgan fingerprint density at radius 2 is 2.15 bits per heavy atom. The quantitative estimate of drug-likeness (QED) is 0.753. The van der Waals surface area contributed by atoms with Crippen LogP contribution in [0.5, 0.6) is 0 Å². The van der Waals surface area contributed by atoms with Crippen molar-refractivity contribution in [3.8, 4) is 0 Å². The van der Waals surface area contributed by atoms with Crippen LogP contribution in [0.2, 0.25) is 0 Å². The van der Waals surface area contributed by atoms with Crippen LogP contribution in [0.4, 0.5) is 4.39 Å². The van der Waals surface area contributed by atoms with Crippen LogP contribution in [0, 0.1) is 5.82 Å². The summed E-state index contributed by atoms with van der Waals surface area (Å²) in [6.45, 7) is 3.75. The van der Waals surface area contributed by atoms with E-state index in [-0.39, 0.29) is 18.1 Å². The molecule has 0 fully saturated rings. The molecule has 0 radical (unpaired) electrons. The summed E-state index contributed by atoms with van der Waals surface area (Å²) in [5, 5.41) is 13.0. The van der Waals surface area contributed by atoms with Crippen LogP contribution < -0.4 is 5.32 Å². The van der Waals surface area contributed by atoms with Gasteiger partial charge in [0.1, 0.15) is 11.4 Å². The van der Waals surface area contributed by atoms with Crippen molar-refractivity contribution >= 4 is 5.97 Å². The van der Waals surface area contributed by atoms with Gasteiger partial charge in [-0.05, 0) is 19.4 Å². The van der Waals surface area contributed by atoms with Crippen LogP contribution in [0.15, 0.2) is 24.3 Å². The highest BCUT2D eigenvalue weighted by Gasteiger charge is 2.33. The van der Waals surface area contributed by atoms with Gasteiger partial charge in [-0.25, -0.2) is 4.39 Å². The summed E-state index contributed by atoms with van der Waals surface area (Å²) in [5.74, 6) is -0.850. The molecule has 0 saturated carbocycles. The number of nitrogens with one attached hydrogen (secondary N) is 1. The molecule has 1 aromatic rings. The monoisotopic (exact) mass is 283 g/mol. The number of methoxy groups -OCH3 is 1. The van der Waals surface area contributed by atoms with E-state index in [2.05, 4.69) is 5.32 Å². The lowest BCUT2D eigenvalue weighted by molar-refractivity contribution is -0.148. The Morgan fingerprint density at radius 3 is 2.70 bits per heavy atom. The number of β-amino-alcohol motifs (C(OH)–C–C–N with tert-alkyl or cyclic N) is 1. The van der Waals surface area contributed by atoms with Crippen LogP contribution in [0.3, 0.4) is 0 Å². The molecule has 2 N–H and O–H groups in total. The Morgan fingerprint density at radius 1 is 1.50 bits per heavy atom. The van der Waals surface area contributed by atoms with Crippen molar-refractivity contribution in [3.05, 3.63) is 35.6 Å². The third-order valence-corrected chi connectivity index (χ3v) is 3.34. The predicted octanol–water partition coefficient (Wildman–Crippen LogP) is 2.18. The number of hydrogen-bond donors (Lipinski definition) is 2. The maximum atomic E-state index is 13.6. The van der Waals surface area contributed by atoms with Crippen LogP contribution in [0.25, 0.3) is 0 Å². The SMILES string of the molecule is CCCC(C)(NCC(O)c1ccccc1F)C(=O)OC. The minimum atomic E-state index is -1.02. The summed E-state index contributed by atoms with van der Waals surface area (Å²) in [4.78, 5) is 11.8. The highest BCUT2D eigenvalue weighted by Crippen LogP contribution is 2.19. The topological polar surface area (TPSA) is 58.6 Å². The number of halogens is 1. The summed E-state index contributed by atoms with van der Waals surface area (Å²) < 4.78 is 18.3. The Bertz CT molecular complexity index is 452. The lowest BCUT2D eigenvalue weighted by atomic mass is 9.95. The molecular weight excluding hydrogens is 261 g/mol. The van der Waals surface area contributed by atoms with Gasteiger partial charge < -0.3 is 9.84 Å². The molecule has 0 spiro atoms. The zero-order valence-electron chi connectivity index (χ0n) is 12.1. The van der Waals surface area contributed by atoms with E-state index in [1.807, 2.05) is 6.92 Å². The van der Waals surface area contributed by atoms with Gasteiger partial charge in [-0.15, -0.1) is 0 Å². The average molecular weight is 283 g/mol.